The van der Waals surface area contributed by atoms with Crippen LogP contribution < -0.4 is 4.74 Å². The number of carbonyl (C=O) groups excluding carboxylic acids is 1. The Morgan fingerprint density at radius 1 is 1.31 bits per heavy atom. The highest BCUT2D eigenvalue weighted by atomic mass is 19.1. The molecule has 16 heavy (non-hydrogen) atoms. The standard InChI is InChI=1S/C12H15FO3/c1-2-3-8-15-12(14)9-16-11-6-4-10(13)5-7-11/h4-7H,2-3,8-9H2,1H3. The Morgan fingerprint density at radius 2 is 2.00 bits per heavy atom. The number of halogens is 1. The molecule has 0 aromatic heterocycles. The molecular weight excluding hydrogens is 211 g/mol. The van der Waals surface area contributed by atoms with Gasteiger partial charge < -0.3 is 9.47 Å². The van der Waals surface area contributed by atoms with Crippen LogP contribution in [-0.2, 0) is 9.53 Å². The molecule has 0 aliphatic carbocycles. The van der Waals surface area contributed by atoms with Gasteiger partial charge in [-0.3, -0.25) is 0 Å². The van der Waals surface area contributed by atoms with Gasteiger partial charge in [0.1, 0.15) is 11.6 Å². The molecule has 0 aliphatic rings. The van der Waals surface area contributed by atoms with E-state index in [1.54, 1.807) is 0 Å². The van der Waals surface area contributed by atoms with Gasteiger partial charge in [0.05, 0.1) is 6.61 Å². The van der Waals surface area contributed by atoms with Crippen molar-refractivity contribution < 1.29 is 18.7 Å². The van der Waals surface area contributed by atoms with Crippen molar-refractivity contribution in [2.75, 3.05) is 13.2 Å². The topological polar surface area (TPSA) is 35.5 Å². The molecule has 0 saturated heterocycles. The average molecular weight is 226 g/mol. The quantitative estimate of drug-likeness (QED) is 0.552. The fourth-order valence-corrected chi connectivity index (χ4v) is 1.05. The molecule has 88 valence electrons. The summed E-state index contributed by atoms with van der Waals surface area (Å²) in [5.41, 5.74) is 0. The molecule has 0 atom stereocenters. The van der Waals surface area contributed by atoms with E-state index in [4.69, 9.17) is 9.47 Å². The molecule has 0 heterocycles. The Kier molecular flexibility index (Phi) is 5.32. The summed E-state index contributed by atoms with van der Waals surface area (Å²) in [7, 11) is 0. The second kappa shape index (κ2) is 6.82. The van der Waals surface area contributed by atoms with Gasteiger partial charge in [-0.05, 0) is 30.7 Å². The summed E-state index contributed by atoms with van der Waals surface area (Å²) in [4.78, 5) is 11.1. The minimum absolute atomic E-state index is 0.144. The largest absolute Gasteiger partial charge is 0.482 e. The fraction of sp³-hybridized carbons (Fsp3) is 0.417. The van der Waals surface area contributed by atoms with Crippen molar-refractivity contribution in [2.45, 2.75) is 19.8 Å². The van der Waals surface area contributed by atoms with Gasteiger partial charge in [0.25, 0.3) is 0 Å². The van der Waals surface area contributed by atoms with Gasteiger partial charge in [-0.15, -0.1) is 0 Å². The summed E-state index contributed by atoms with van der Waals surface area (Å²) < 4.78 is 22.5. The molecule has 0 saturated carbocycles. The van der Waals surface area contributed by atoms with Gasteiger partial charge in [0.2, 0.25) is 0 Å². The smallest absolute Gasteiger partial charge is 0.344 e. The lowest BCUT2D eigenvalue weighted by Gasteiger charge is -2.06. The van der Waals surface area contributed by atoms with Crippen LogP contribution in [0.4, 0.5) is 4.39 Å². The van der Waals surface area contributed by atoms with E-state index < -0.39 is 5.97 Å². The normalized spacial score (nSPS) is 9.88. The van der Waals surface area contributed by atoms with Gasteiger partial charge in [0, 0.05) is 0 Å². The lowest BCUT2D eigenvalue weighted by molar-refractivity contribution is -0.146. The van der Waals surface area contributed by atoms with Crippen LogP contribution in [-0.4, -0.2) is 19.2 Å². The van der Waals surface area contributed by atoms with Crippen LogP contribution >= 0.6 is 0 Å². The summed E-state index contributed by atoms with van der Waals surface area (Å²) in [6.45, 7) is 2.29. The number of carbonyl (C=O) groups is 1. The van der Waals surface area contributed by atoms with Gasteiger partial charge in [-0.2, -0.15) is 0 Å². The van der Waals surface area contributed by atoms with Crippen LogP contribution in [0.15, 0.2) is 24.3 Å². The molecule has 1 aromatic carbocycles. The molecule has 3 nitrogen and oxygen atoms in total. The Hall–Kier alpha value is -1.58. The van der Waals surface area contributed by atoms with Crippen LogP contribution in [0.25, 0.3) is 0 Å². The van der Waals surface area contributed by atoms with Gasteiger partial charge in [-0.1, -0.05) is 13.3 Å². The number of unbranched alkanes of at least 4 members (excludes halogenated alkanes) is 1. The zero-order valence-electron chi connectivity index (χ0n) is 9.24. The predicted octanol–water partition coefficient (Wildman–Crippen LogP) is 2.55. The molecule has 1 aromatic rings. The Labute approximate surface area is 94.2 Å². The molecule has 0 fully saturated rings. The summed E-state index contributed by atoms with van der Waals surface area (Å²) in [6, 6.07) is 5.48. The highest BCUT2D eigenvalue weighted by Crippen LogP contribution is 2.10. The van der Waals surface area contributed by atoms with Gasteiger partial charge in [0.15, 0.2) is 6.61 Å². The molecule has 0 aliphatic heterocycles. The Morgan fingerprint density at radius 3 is 2.62 bits per heavy atom. The molecule has 0 unspecified atom stereocenters. The van der Waals surface area contributed by atoms with E-state index in [1.165, 1.54) is 24.3 Å². The van der Waals surface area contributed by atoms with Crippen molar-refractivity contribution in [3.8, 4) is 5.75 Å². The van der Waals surface area contributed by atoms with Crippen molar-refractivity contribution >= 4 is 5.97 Å². The Bertz CT molecular complexity index is 322. The van der Waals surface area contributed by atoms with Crippen molar-refractivity contribution in [1.29, 1.82) is 0 Å². The SMILES string of the molecule is CCCCOC(=O)COc1ccc(F)cc1. The molecule has 4 heteroatoms. The predicted molar refractivity (Wildman–Crippen MR) is 57.8 cm³/mol. The molecule has 1 rings (SSSR count). The van der Waals surface area contributed by atoms with Crippen molar-refractivity contribution in [1.82, 2.24) is 0 Å². The number of ether oxygens (including phenoxy) is 2. The zero-order chi connectivity index (χ0) is 11.8. The van der Waals surface area contributed by atoms with Crippen LogP contribution in [0.2, 0.25) is 0 Å². The second-order valence-corrected chi connectivity index (χ2v) is 3.32. The molecular formula is C12H15FO3. The maximum atomic E-state index is 12.5. The maximum absolute atomic E-state index is 12.5. The van der Waals surface area contributed by atoms with Gasteiger partial charge in [-0.25, -0.2) is 9.18 Å². The highest BCUT2D eigenvalue weighted by molar-refractivity contribution is 5.71. The third kappa shape index (κ3) is 4.77. The molecule has 0 bridgehead atoms. The van der Waals surface area contributed by atoms with E-state index in [0.717, 1.165) is 12.8 Å². The second-order valence-electron chi connectivity index (χ2n) is 3.32. The van der Waals surface area contributed by atoms with E-state index in [0.29, 0.717) is 12.4 Å². The van der Waals surface area contributed by atoms with E-state index in [9.17, 15) is 9.18 Å². The number of hydrogen-bond donors (Lipinski definition) is 0. The summed E-state index contributed by atoms with van der Waals surface area (Å²) >= 11 is 0. The molecule has 0 amide bonds. The summed E-state index contributed by atoms with van der Waals surface area (Å²) in [5, 5.41) is 0. The third-order valence-electron chi connectivity index (χ3n) is 1.93. The van der Waals surface area contributed by atoms with Crippen LogP contribution in [0, 0.1) is 5.82 Å². The lowest BCUT2D eigenvalue weighted by atomic mass is 10.3. The monoisotopic (exact) mass is 226 g/mol. The van der Waals surface area contributed by atoms with E-state index in [2.05, 4.69) is 0 Å². The first kappa shape index (κ1) is 12.5. The van der Waals surface area contributed by atoms with E-state index in [-0.39, 0.29) is 12.4 Å². The molecule has 0 spiro atoms. The van der Waals surface area contributed by atoms with E-state index in [1.807, 2.05) is 6.92 Å². The third-order valence-corrected chi connectivity index (χ3v) is 1.93. The first-order valence-electron chi connectivity index (χ1n) is 5.26. The van der Waals surface area contributed by atoms with Crippen LogP contribution in [0.3, 0.4) is 0 Å². The highest BCUT2D eigenvalue weighted by Gasteiger charge is 2.03. The number of hydrogen-bond acceptors (Lipinski definition) is 3. The zero-order valence-corrected chi connectivity index (χ0v) is 9.24. The van der Waals surface area contributed by atoms with Crippen LogP contribution in [0.1, 0.15) is 19.8 Å². The van der Waals surface area contributed by atoms with E-state index >= 15 is 0 Å². The lowest BCUT2D eigenvalue weighted by Crippen LogP contribution is -2.15. The molecule has 0 radical (unpaired) electrons. The number of rotatable bonds is 6. The summed E-state index contributed by atoms with van der Waals surface area (Å²) in [6.07, 6.45) is 1.83. The molecule has 0 N–H and O–H groups in total. The fourth-order valence-electron chi connectivity index (χ4n) is 1.05. The van der Waals surface area contributed by atoms with Crippen molar-refractivity contribution in [3.05, 3.63) is 30.1 Å². The number of esters is 1. The first-order valence-corrected chi connectivity index (χ1v) is 5.26. The first-order chi connectivity index (χ1) is 7.72. The van der Waals surface area contributed by atoms with Crippen LogP contribution in [0.5, 0.6) is 5.75 Å². The average Bonchev–Trinajstić information content (AvgIpc) is 2.29. The van der Waals surface area contributed by atoms with Crippen molar-refractivity contribution in [3.63, 3.8) is 0 Å². The maximum Gasteiger partial charge on any atom is 0.344 e. The summed E-state index contributed by atoms with van der Waals surface area (Å²) in [5.74, 6) is -0.288. The minimum atomic E-state index is -0.405. The van der Waals surface area contributed by atoms with Crippen molar-refractivity contribution in [2.24, 2.45) is 0 Å². The number of benzene rings is 1. The Balaban J connectivity index is 2.23. The minimum Gasteiger partial charge on any atom is -0.482 e. The van der Waals surface area contributed by atoms with Gasteiger partial charge >= 0.3 is 5.97 Å².